The lowest BCUT2D eigenvalue weighted by atomic mass is 10.1. The Balaban J connectivity index is 1.84. The predicted octanol–water partition coefficient (Wildman–Crippen LogP) is 2.07. The summed E-state index contributed by atoms with van der Waals surface area (Å²) in [6.07, 6.45) is 6.08. The highest BCUT2D eigenvalue weighted by Gasteiger charge is 2.11. The standard InChI is InChI=1S/C14H16N4O/c19-11-14-10-15-16-18(14)13-6-4-12(5-7-13)17-8-2-1-3-9-17/h4-7,10-11H,1-3,8-9H2. The molecule has 19 heavy (non-hydrogen) atoms. The van der Waals surface area contributed by atoms with Gasteiger partial charge in [0, 0.05) is 18.8 Å². The van der Waals surface area contributed by atoms with Crippen molar-refractivity contribution in [3.8, 4) is 5.69 Å². The highest BCUT2D eigenvalue weighted by Crippen LogP contribution is 2.21. The molecule has 0 spiro atoms. The van der Waals surface area contributed by atoms with Gasteiger partial charge in [0.1, 0.15) is 5.69 Å². The van der Waals surface area contributed by atoms with Gasteiger partial charge in [-0.2, -0.15) is 0 Å². The number of hydrogen-bond donors (Lipinski definition) is 0. The Bertz CT molecular complexity index is 555. The molecule has 0 aliphatic carbocycles. The van der Waals surface area contributed by atoms with Crippen LogP contribution in [0.25, 0.3) is 5.69 Å². The van der Waals surface area contributed by atoms with Gasteiger partial charge < -0.3 is 4.90 Å². The lowest BCUT2D eigenvalue weighted by Crippen LogP contribution is -2.29. The van der Waals surface area contributed by atoms with Crippen molar-refractivity contribution in [3.05, 3.63) is 36.2 Å². The van der Waals surface area contributed by atoms with Gasteiger partial charge in [-0.15, -0.1) is 5.10 Å². The molecule has 2 aromatic rings. The minimum absolute atomic E-state index is 0.464. The Hall–Kier alpha value is -2.17. The van der Waals surface area contributed by atoms with Gasteiger partial charge in [-0.25, -0.2) is 4.68 Å². The molecule has 98 valence electrons. The maximum Gasteiger partial charge on any atom is 0.170 e. The van der Waals surface area contributed by atoms with Crippen LogP contribution in [0.2, 0.25) is 0 Å². The third kappa shape index (κ3) is 2.36. The van der Waals surface area contributed by atoms with Crippen molar-refractivity contribution < 1.29 is 4.79 Å². The number of carbonyl (C=O) groups excluding carboxylic acids is 1. The first-order valence-electron chi connectivity index (χ1n) is 6.60. The van der Waals surface area contributed by atoms with E-state index in [0.717, 1.165) is 25.1 Å². The molecule has 1 saturated heterocycles. The van der Waals surface area contributed by atoms with Gasteiger partial charge in [-0.1, -0.05) is 5.21 Å². The van der Waals surface area contributed by atoms with Gasteiger partial charge in [0.2, 0.25) is 0 Å². The molecular formula is C14H16N4O. The summed E-state index contributed by atoms with van der Waals surface area (Å²) in [5.41, 5.74) is 2.56. The Kier molecular flexibility index (Phi) is 3.27. The summed E-state index contributed by atoms with van der Waals surface area (Å²) >= 11 is 0. The molecule has 0 atom stereocenters. The maximum absolute atomic E-state index is 10.9. The normalized spacial score (nSPS) is 15.5. The van der Waals surface area contributed by atoms with Crippen LogP contribution in [0.4, 0.5) is 5.69 Å². The van der Waals surface area contributed by atoms with Crippen LogP contribution in [0.5, 0.6) is 0 Å². The Labute approximate surface area is 111 Å². The molecule has 0 saturated carbocycles. The largest absolute Gasteiger partial charge is 0.372 e. The fraction of sp³-hybridized carbons (Fsp3) is 0.357. The molecule has 1 aromatic heterocycles. The van der Waals surface area contributed by atoms with Gasteiger partial charge in [0.25, 0.3) is 0 Å². The zero-order chi connectivity index (χ0) is 13.1. The highest BCUT2D eigenvalue weighted by molar-refractivity contribution is 5.72. The average Bonchev–Trinajstić information content (AvgIpc) is 2.97. The molecule has 0 radical (unpaired) electrons. The minimum atomic E-state index is 0.464. The number of nitrogens with zero attached hydrogens (tertiary/aromatic N) is 4. The van der Waals surface area contributed by atoms with Crippen molar-refractivity contribution >= 4 is 12.0 Å². The average molecular weight is 256 g/mol. The number of hydrogen-bond acceptors (Lipinski definition) is 4. The lowest BCUT2D eigenvalue weighted by Gasteiger charge is -2.28. The van der Waals surface area contributed by atoms with Crippen LogP contribution < -0.4 is 4.90 Å². The van der Waals surface area contributed by atoms with Gasteiger partial charge >= 0.3 is 0 Å². The molecule has 1 aromatic carbocycles. The van der Waals surface area contributed by atoms with Gasteiger partial charge in [-0.3, -0.25) is 4.79 Å². The number of aldehydes is 1. The molecule has 5 heteroatoms. The lowest BCUT2D eigenvalue weighted by molar-refractivity contribution is 0.111. The number of piperidine rings is 1. The van der Waals surface area contributed by atoms with Crippen molar-refractivity contribution in [1.82, 2.24) is 15.0 Å². The number of aromatic nitrogens is 3. The molecule has 2 heterocycles. The third-order valence-electron chi connectivity index (χ3n) is 3.51. The van der Waals surface area contributed by atoms with E-state index in [-0.39, 0.29) is 0 Å². The van der Waals surface area contributed by atoms with Gasteiger partial charge in [-0.05, 0) is 43.5 Å². The fourth-order valence-corrected chi connectivity index (χ4v) is 2.48. The fourth-order valence-electron chi connectivity index (χ4n) is 2.48. The van der Waals surface area contributed by atoms with Crippen molar-refractivity contribution in [2.45, 2.75) is 19.3 Å². The maximum atomic E-state index is 10.9. The van der Waals surface area contributed by atoms with Crippen LogP contribution >= 0.6 is 0 Å². The van der Waals surface area contributed by atoms with Crippen LogP contribution in [0.3, 0.4) is 0 Å². The molecule has 3 rings (SSSR count). The summed E-state index contributed by atoms with van der Waals surface area (Å²) in [7, 11) is 0. The molecule has 0 bridgehead atoms. The van der Waals surface area contributed by atoms with Crippen molar-refractivity contribution in [2.24, 2.45) is 0 Å². The zero-order valence-electron chi connectivity index (χ0n) is 10.7. The van der Waals surface area contributed by atoms with E-state index in [2.05, 4.69) is 27.3 Å². The number of rotatable bonds is 3. The number of carbonyl (C=O) groups is 1. The summed E-state index contributed by atoms with van der Waals surface area (Å²) in [6, 6.07) is 8.12. The second-order valence-electron chi connectivity index (χ2n) is 4.75. The minimum Gasteiger partial charge on any atom is -0.372 e. The van der Waals surface area contributed by atoms with E-state index in [1.165, 1.54) is 31.1 Å². The molecule has 0 amide bonds. The first-order valence-corrected chi connectivity index (χ1v) is 6.60. The van der Waals surface area contributed by atoms with Crippen LogP contribution in [-0.4, -0.2) is 34.4 Å². The quantitative estimate of drug-likeness (QED) is 0.789. The van der Waals surface area contributed by atoms with E-state index in [4.69, 9.17) is 0 Å². The SMILES string of the molecule is O=Cc1cnnn1-c1ccc(N2CCCCC2)cc1. The number of benzene rings is 1. The van der Waals surface area contributed by atoms with Crippen molar-refractivity contribution in [1.29, 1.82) is 0 Å². The van der Waals surface area contributed by atoms with Crippen LogP contribution in [-0.2, 0) is 0 Å². The molecule has 1 aliphatic rings. The summed E-state index contributed by atoms with van der Waals surface area (Å²) < 4.78 is 1.55. The first kappa shape index (κ1) is 11.9. The molecule has 0 N–H and O–H groups in total. The van der Waals surface area contributed by atoms with E-state index in [9.17, 15) is 4.79 Å². The summed E-state index contributed by atoms with van der Waals surface area (Å²) in [6.45, 7) is 2.25. The molecular weight excluding hydrogens is 240 g/mol. The Morgan fingerprint density at radius 2 is 1.68 bits per heavy atom. The molecule has 0 unspecified atom stereocenters. The molecule has 1 fully saturated rings. The summed E-state index contributed by atoms with van der Waals surface area (Å²) in [5, 5.41) is 7.67. The van der Waals surface area contributed by atoms with Crippen LogP contribution in [0, 0.1) is 0 Å². The second-order valence-corrected chi connectivity index (χ2v) is 4.75. The van der Waals surface area contributed by atoms with Gasteiger partial charge in [0.15, 0.2) is 6.29 Å². The molecule has 5 nitrogen and oxygen atoms in total. The zero-order valence-corrected chi connectivity index (χ0v) is 10.7. The van der Waals surface area contributed by atoms with Crippen LogP contribution in [0.15, 0.2) is 30.5 Å². The predicted molar refractivity (Wildman–Crippen MR) is 72.8 cm³/mol. The van der Waals surface area contributed by atoms with E-state index in [0.29, 0.717) is 5.69 Å². The van der Waals surface area contributed by atoms with E-state index in [1.54, 1.807) is 4.68 Å². The Morgan fingerprint density at radius 3 is 2.37 bits per heavy atom. The van der Waals surface area contributed by atoms with E-state index < -0.39 is 0 Å². The van der Waals surface area contributed by atoms with E-state index >= 15 is 0 Å². The topological polar surface area (TPSA) is 51.0 Å². The molecule has 1 aliphatic heterocycles. The summed E-state index contributed by atoms with van der Waals surface area (Å²) in [4.78, 5) is 13.3. The van der Waals surface area contributed by atoms with Gasteiger partial charge in [0.05, 0.1) is 11.9 Å². The first-order chi connectivity index (χ1) is 9.38. The second kappa shape index (κ2) is 5.22. The monoisotopic (exact) mass is 256 g/mol. The number of anilines is 1. The van der Waals surface area contributed by atoms with Crippen LogP contribution in [0.1, 0.15) is 29.8 Å². The van der Waals surface area contributed by atoms with Crippen molar-refractivity contribution in [3.63, 3.8) is 0 Å². The van der Waals surface area contributed by atoms with E-state index in [1.807, 2.05) is 12.1 Å². The third-order valence-corrected chi connectivity index (χ3v) is 3.51. The summed E-state index contributed by atoms with van der Waals surface area (Å²) in [5.74, 6) is 0. The smallest absolute Gasteiger partial charge is 0.170 e. The highest BCUT2D eigenvalue weighted by atomic mass is 16.1. The van der Waals surface area contributed by atoms with Crippen molar-refractivity contribution in [2.75, 3.05) is 18.0 Å². The Morgan fingerprint density at radius 1 is 1.00 bits per heavy atom.